The van der Waals surface area contributed by atoms with E-state index in [9.17, 15) is 9.90 Å². The fraction of sp³-hybridized carbons (Fsp3) is 0.625. The predicted molar refractivity (Wildman–Crippen MR) is 81.7 cm³/mol. The van der Waals surface area contributed by atoms with Crippen molar-refractivity contribution in [3.63, 3.8) is 0 Å². The van der Waals surface area contributed by atoms with Crippen molar-refractivity contribution >= 4 is 6.03 Å². The number of nitrogens with zero attached hydrogens (tertiary/aromatic N) is 1. The molecule has 1 unspecified atom stereocenters. The molecule has 0 aromatic carbocycles. The molecule has 1 atom stereocenters. The highest BCUT2D eigenvalue weighted by Gasteiger charge is 2.35. The fourth-order valence-electron chi connectivity index (χ4n) is 2.99. The highest BCUT2D eigenvalue weighted by molar-refractivity contribution is 5.74. The van der Waals surface area contributed by atoms with Crippen molar-refractivity contribution in [1.29, 1.82) is 0 Å². The SMILES string of the molecule is CC(CO)(NC(=O)NCc1ccccn1)C1CCCCC1. The van der Waals surface area contributed by atoms with Gasteiger partial charge >= 0.3 is 6.03 Å². The van der Waals surface area contributed by atoms with Crippen molar-refractivity contribution in [2.75, 3.05) is 6.61 Å². The number of carbonyl (C=O) groups is 1. The Hall–Kier alpha value is -1.62. The second kappa shape index (κ2) is 7.41. The van der Waals surface area contributed by atoms with Crippen LogP contribution >= 0.6 is 0 Å². The van der Waals surface area contributed by atoms with Gasteiger partial charge in [0.05, 0.1) is 24.4 Å². The summed E-state index contributed by atoms with van der Waals surface area (Å²) in [6.07, 6.45) is 7.45. The van der Waals surface area contributed by atoms with Crippen LogP contribution in [0, 0.1) is 5.92 Å². The Balaban J connectivity index is 1.86. The topological polar surface area (TPSA) is 74.2 Å². The normalized spacial score (nSPS) is 18.8. The highest BCUT2D eigenvalue weighted by atomic mass is 16.3. The molecule has 0 bridgehead atoms. The van der Waals surface area contributed by atoms with E-state index in [2.05, 4.69) is 15.6 Å². The van der Waals surface area contributed by atoms with Gasteiger partial charge in [-0.05, 0) is 37.8 Å². The number of urea groups is 1. The Kier molecular flexibility index (Phi) is 5.56. The van der Waals surface area contributed by atoms with Crippen LogP contribution in [0.2, 0.25) is 0 Å². The molecule has 0 saturated heterocycles. The van der Waals surface area contributed by atoms with Gasteiger partial charge in [-0.25, -0.2) is 4.79 Å². The third-order valence-corrected chi connectivity index (χ3v) is 4.39. The van der Waals surface area contributed by atoms with Crippen molar-refractivity contribution < 1.29 is 9.90 Å². The van der Waals surface area contributed by atoms with Crippen LogP contribution in [-0.2, 0) is 6.54 Å². The molecule has 1 heterocycles. The van der Waals surface area contributed by atoms with Gasteiger partial charge in [0.25, 0.3) is 0 Å². The van der Waals surface area contributed by atoms with Gasteiger partial charge in [-0.2, -0.15) is 0 Å². The van der Waals surface area contributed by atoms with Crippen molar-refractivity contribution in [1.82, 2.24) is 15.6 Å². The van der Waals surface area contributed by atoms with Gasteiger partial charge in [-0.3, -0.25) is 4.98 Å². The van der Waals surface area contributed by atoms with Crippen molar-refractivity contribution in [2.24, 2.45) is 5.92 Å². The van der Waals surface area contributed by atoms with E-state index in [1.807, 2.05) is 25.1 Å². The molecule has 5 nitrogen and oxygen atoms in total. The number of nitrogens with one attached hydrogen (secondary N) is 2. The minimum atomic E-state index is -0.547. The van der Waals surface area contributed by atoms with E-state index in [0.717, 1.165) is 18.5 Å². The van der Waals surface area contributed by atoms with Crippen molar-refractivity contribution in [3.05, 3.63) is 30.1 Å². The lowest BCUT2D eigenvalue weighted by atomic mass is 9.76. The second-order valence-electron chi connectivity index (χ2n) is 6.04. The number of aromatic nitrogens is 1. The number of pyridine rings is 1. The zero-order chi connectivity index (χ0) is 15.1. The fourth-order valence-corrected chi connectivity index (χ4v) is 2.99. The van der Waals surface area contributed by atoms with Gasteiger partial charge in [-0.15, -0.1) is 0 Å². The zero-order valence-electron chi connectivity index (χ0n) is 12.6. The lowest BCUT2D eigenvalue weighted by molar-refractivity contribution is 0.101. The Morgan fingerprint density at radius 2 is 2.14 bits per heavy atom. The summed E-state index contributed by atoms with van der Waals surface area (Å²) in [7, 11) is 0. The van der Waals surface area contributed by atoms with Gasteiger partial charge < -0.3 is 15.7 Å². The highest BCUT2D eigenvalue weighted by Crippen LogP contribution is 2.32. The van der Waals surface area contributed by atoms with E-state index in [4.69, 9.17) is 0 Å². The molecule has 0 radical (unpaired) electrons. The van der Waals surface area contributed by atoms with Crippen LogP contribution in [0.25, 0.3) is 0 Å². The van der Waals surface area contributed by atoms with Crippen LogP contribution in [0.4, 0.5) is 4.79 Å². The number of hydrogen-bond acceptors (Lipinski definition) is 3. The lowest BCUT2D eigenvalue weighted by Gasteiger charge is -2.39. The molecule has 21 heavy (non-hydrogen) atoms. The van der Waals surface area contributed by atoms with Crippen LogP contribution in [0.1, 0.15) is 44.7 Å². The number of hydrogen-bond donors (Lipinski definition) is 3. The maximum atomic E-state index is 12.1. The number of aliphatic hydroxyl groups excluding tert-OH is 1. The monoisotopic (exact) mass is 291 g/mol. The number of amides is 2. The predicted octanol–water partition coefficient (Wildman–Crippen LogP) is 2.21. The number of rotatable bonds is 5. The standard InChI is InChI=1S/C16H25N3O2/c1-16(12-20,13-7-3-2-4-8-13)19-15(21)18-11-14-9-5-6-10-17-14/h5-6,9-10,13,20H,2-4,7-8,11-12H2,1H3,(H2,18,19,21). The number of aliphatic hydroxyl groups is 1. The smallest absolute Gasteiger partial charge is 0.315 e. The number of carbonyl (C=O) groups excluding carboxylic acids is 1. The first-order valence-electron chi connectivity index (χ1n) is 7.71. The van der Waals surface area contributed by atoms with Gasteiger partial charge in [-0.1, -0.05) is 25.3 Å². The molecule has 1 fully saturated rings. The van der Waals surface area contributed by atoms with Gasteiger partial charge in [0.15, 0.2) is 0 Å². The molecule has 0 spiro atoms. The van der Waals surface area contributed by atoms with Crippen LogP contribution in [0.3, 0.4) is 0 Å². The second-order valence-corrected chi connectivity index (χ2v) is 6.04. The Morgan fingerprint density at radius 3 is 2.76 bits per heavy atom. The third-order valence-electron chi connectivity index (χ3n) is 4.39. The minimum absolute atomic E-state index is 0.0331. The molecule has 5 heteroatoms. The van der Waals surface area contributed by atoms with Gasteiger partial charge in [0.1, 0.15) is 0 Å². The Bertz CT molecular complexity index is 446. The maximum absolute atomic E-state index is 12.1. The summed E-state index contributed by atoms with van der Waals surface area (Å²) in [5.41, 5.74) is 0.269. The third kappa shape index (κ3) is 4.43. The first kappa shape index (κ1) is 15.8. The van der Waals surface area contributed by atoms with Crippen molar-refractivity contribution in [2.45, 2.75) is 51.1 Å². The summed E-state index contributed by atoms with van der Waals surface area (Å²) >= 11 is 0. The first-order chi connectivity index (χ1) is 10.1. The van der Waals surface area contributed by atoms with Crippen LogP contribution in [-0.4, -0.2) is 28.3 Å². The molecular weight excluding hydrogens is 266 g/mol. The Morgan fingerprint density at radius 1 is 1.38 bits per heavy atom. The zero-order valence-corrected chi connectivity index (χ0v) is 12.6. The maximum Gasteiger partial charge on any atom is 0.315 e. The summed E-state index contributed by atoms with van der Waals surface area (Å²) in [4.78, 5) is 16.2. The molecule has 2 amide bonds. The summed E-state index contributed by atoms with van der Waals surface area (Å²) in [5.74, 6) is 0.344. The quantitative estimate of drug-likeness (QED) is 0.778. The van der Waals surface area contributed by atoms with Gasteiger partial charge in [0.2, 0.25) is 0 Å². The van der Waals surface area contributed by atoms with E-state index in [-0.39, 0.29) is 12.6 Å². The first-order valence-corrected chi connectivity index (χ1v) is 7.71. The molecular formula is C16H25N3O2. The molecule has 1 aromatic heterocycles. The Labute approximate surface area is 126 Å². The van der Waals surface area contributed by atoms with E-state index in [1.165, 1.54) is 19.3 Å². The summed E-state index contributed by atoms with van der Waals surface area (Å²) in [6, 6.07) is 5.35. The molecule has 0 aliphatic heterocycles. The lowest BCUT2D eigenvalue weighted by Crippen LogP contribution is -2.57. The molecule has 1 saturated carbocycles. The molecule has 1 aliphatic carbocycles. The van der Waals surface area contributed by atoms with Crippen LogP contribution in [0.5, 0.6) is 0 Å². The van der Waals surface area contributed by atoms with E-state index >= 15 is 0 Å². The largest absolute Gasteiger partial charge is 0.394 e. The molecule has 3 N–H and O–H groups in total. The van der Waals surface area contributed by atoms with Crippen molar-refractivity contribution in [3.8, 4) is 0 Å². The van der Waals surface area contributed by atoms with E-state index in [1.54, 1.807) is 6.20 Å². The molecule has 1 aliphatic rings. The van der Waals surface area contributed by atoms with E-state index < -0.39 is 5.54 Å². The summed E-state index contributed by atoms with van der Waals surface area (Å²) in [5, 5.41) is 15.5. The average molecular weight is 291 g/mol. The minimum Gasteiger partial charge on any atom is -0.394 e. The average Bonchev–Trinajstić information content (AvgIpc) is 2.54. The molecule has 116 valence electrons. The van der Waals surface area contributed by atoms with Crippen LogP contribution < -0.4 is 10.6 Å². The summed E-state index contributed by atoms with van der Waals surface area (Å²) in [6.45, 7) is 2.29. The molecule has 1 aromatic rings. The van der Waals surface area contributed by atoms with Gasteiger partial charge in [0, 0.05) is 6.20 Å². The van der Waals surface area contributed by atoms with Crippen LogP contribution in [0.15, 0.2) is 24.4 Å². The molecule has 2 rings (SSSR count). The summed E-state index contributed by atoms with van der Waals surface area (Å²) < 4.78 is 0. The van der Waals surface area contributed by atoms with E-state index in [0.29, 0.717) is 12.5 Å².